The van der Waals surface area contributed by atoms with Crippen LogP contribution in [0, 0.1) is 6.92 Å². The van der Waals surface area contributed by atoms with Gasteiger partial charge in [-0.15, -0.1) is 0 Å². The van der Waals surface area contributed by atoms with Crippen molar-refractivity contribution in [3.05, 3.63) is 59.7 Å². The van der Waals surface area contributed by atoms with Gasteiger partial charge in [-0.05, 0) is 36.8 Å². The van der Waals surface area contributed by atoms with E-state index >= 15 is 0 Å². The molecule has 0 aliphatic heterocycles. The van der Waals surface area contributed by atoms with Crippen molar-refractivity contribution < 1.29 is 9.68 Å². The van der Waals surface area contributed by atoms with Crippen LogP contribution in [0.3, 0.4) is 0 Å². The Hall–Kier alpha value is -2.07. The maximum atomic E-state index is 8.80. The summed E-state index contributed by atoms with van der Waals surface area (Å²) in [6.45, 7) is 2.03. The summed E-state index contributed by atoms with van der Waals surface area (Å²) < 4.78 is 5.11. The smallest absolute Gasteiger partial charge is 0.504 e. The van der Waals surface area contributed by atoms with Crippen LogP contribution >= 0.6 is 0 Å². The Bertz CT molecular complexity index is 555. The molecule has 2 aromatic carbocycles. The van der Waals surface area contributed by atoms with Crippen LogP contribution in [0.4, 0.5) is 5.69 Å². The van der Waals surface area contributed by atoms with Crippen LogP contribution in [0.25, 0.3) is 0 Å². The number of aliphatic imine (C=N–C) groups is 1. The first-order valence-electron chi connectivity index (χ1n) is 5.73. The molecule has 0 aliphatic rings. The van der Waals surface area contributed by atoms with Gasteiger partial charge in [-0.3, -0.25) is 4.99 Å². The Morgan fingerprint density at radius 3 is 2.78 bits per heavy atom. The number of hydrogen-bond acceptors (Lipinski definition) is 3. The fourth-order valence-corrected chi connectivity index (χ4v) is 1.64. The van der Waals surface area contributed by atoms with Crippen LogP contribution in [0.15, 0.2) is 53.5 Å². The van der Waals surface area contributed by atoms with Crippen molar-refractivity contribution in [3.8, 4) is 5.75 Å². The standard InChI is InChI=1S/C14H14BNO2/c1-11-5-4-7-13(9-11)16-10-12-6-2-3-8-14(12)18-15-17/h2-10,15,17H,1H3/b16-10+. The minimum Gasteiger partial charge on any atom is -0.538 e. The molecule has 0 spiro atoms. The minimum absolute atomic E-state index is 0.338. The zero-order chi connectivity index (χ0) is 12.8. The molecule has 0 fully saturated rings. The number of hydrogen-bond donors (Lipinski definition) is 1. The Morgan fingerprint density at radius 1 is 1.17 bits per heavy atom. The molecule has 0 aliphatic carbocycles. The summed E-state index contributed by atoms with van der Waals surface area (Å²) in [6, 6.07) is 15.4. The normalized spacial score (nSPS) is 10.6. The number of benzene rings is 2. The molecule has 0 aromatic heterocycles. The molecule has 0 saturated heterocycles. The molecule has 2 rings (SSSR count). The lowest BCUT2D eigenvalue weighted by molar-refractivity contribution is 0.453. The summed E-state index contributed by atoms with van der Waals surface area (Å²) in [4.78, 5) is 4.39. The van der Waals surface area contributed by atoms with Gasteiger partial charge >= 0.3 is 7.69 Å². The summed E-state index contributed by atoms with van der Waals surface area (Å²) in [6.07, 6.45) is 1.74. The van der Waals surface area contributed by atoms with Crippen LogP contribution in [-0.2, 0) is 0 Å². The van der Waals surface area contributed by atoms with E-state index in [-0.39, 0.29) is 7.69 Å². The van der Waals surface area contributed by atoms with Gasteiger partial charge in [-0.25, -0.2) is 0 Å². The molecule has 0 unspecified atom stereocenters. The fraction of sp³-hybridized carbons (Fsp3) is 0.0714. The molecule has 90 valence electrons. The van der Waals surface area contributed by atoms with Crippen molar-refractivity contribution in [3.63, 3.8) is 0 Å². The molecular weight excluding hydrogens is 225 g/mol. The maximum absolute atomic E-state index is 8.80. The Labute approximate surface area is 107 Å². The Kier molecular flexibility index (Phi) is 4.15. The largest absolute Gasteiger partial charge is 0.538 e. The molecule has 1 N–H and O–H groups in total. The number of aryl methyl sites for hydroxylation is 1. The van der Waals surface area contributed by atoms with Crippen LogP contribution in [0.5, 0.6) is 5.75 Å². The molecule has 0 amide bonds. The maximum Gasteiger partial charge on any atom is 0.504 e. The summed E-state index contributed by atoms with van der Waals surface area (Å²) in [7, 11) is -0.338. The highest BCUT2D eigenvalue weighted by molar-refractivity contribution is 6.17. The zero-order valence-electron chi connectivity index (χ0n) is 10.2. The molecule has 3 nitrogen and oxygen atoms in total. The molecule has 18 heavy (non-hydrogen) atoms. The quantitative estimate of drug-likeness (QED) is 0.657. The second-order valence-corrected chi connectivity index (χ2v) is 3.91. The van der Waals surface area contributed by atoms with E-state index < -0.39 is 0 Å². The third-order valence-corrected chi connectivity index (χ3v) is 2.49. The summed E-state index contributed by atoms with van der Waals surface area (Å²) in [5.41, 5.74) is 2.91. The second-order valence-electron chi connectivity index (χ2n) is 3.91. The molecular formula is C14H14BNO2. The van der Waals surface area contributed by atoms with Gasteiger partial charge in [-0.1, -0.05) is 24.3 Å². The van der Waals surface area contributed by atoms with E-state index in [1.807, 2.05) is 49.4 Å². The number of para-hydroxylation sites is 1. The van der Waals surface area contributed by atoms with E-state index in [4.69, 9.17) is 9.68 Å². The number of nitrogens with zero attached hydrogens (tertiary/aromatic N) is 1. The highest BCUT2D eigenvalue weighted by Crippen LogP contribution is 2.18. The zero-order valence-corrected chi connectivity index (χ0v) is 10.2. The van der Waals surface area contributed by atoms with Crippen LogP contribution in [-0.4, -0.2) is 18.9 Å². The molecule has 2 aromatic rings. The summed E-state index contributed by atoms with van der Waals surface area (Å²) >= 11 is 0. The lowest BCUT2D eigenvalue weighted by atomic mass is 10.2. The molecule has 4 heteroatoms. The van der Waals surface area contributed by atoms with E-state index in [0.29, 0.717) is 5.75 Å². The van der Waals surface area contributed by atoms with Gasteiger partial charge in [0.15, 0.2) is 0 Å². The number of rotatable bonds is 4. The van der Waals surface area contributed by atoms with Gasteiger partial charge < -0.3 is 9.68 Å². The first kappa shape index (κ1) is 12.4. The average Bonchev–Trinajstić information content (AvgIpc) is 2.38. The van der Waals surface area contributed by atoms with Crippen molar-refractivity contribution in [2.24, 2.45) is 4.99 Å². The van der Waals surface area contributed by atoms with Crippen molar-refractivity contribution in [1.82, 2.24) is 0 Å². The van der Waals surface area contributed by atoms with E-state index in [0.717, 1.165) is 11.3 Å². The van der Waals surface area contributed by atoms with Gasteiger partial charge in [0.2, 0.25) is 0 Å². The van der Waals surface area contributed by atoms with Gasteiger partial charge in [0.05, 0.1) is 5.69 Å². The lowest BCUT2D eigenvalue weighted by Gasteiger charge is -2.05. The summed E-state index contributed by atoms with van der Waals surface area (Å²) in [5, 5.41) is 8.80. The van der Waals surface area contributed by atoms with Gasteiger partial charge in [0.25, 0.3) is 0 Å². The molecule has 0 atom stereocenters. The predicted octanol–water partition coefficient (Wildman–Crippen LogP) is 2.38. The van der Waals surface area contributed by atoms with Gasteiger partial charge in [-0.2, -0.15) is 0 Å². The van der Waals surface area contributed by atoms with Crippen LogP contribution < -0.4 is 4.65 Å². The first-order valence-corrected chi connectivity index (χ1v) is 5.73. The second kappa shape index (κ2) is 6.03. The Morgan fingerprint density at radius 2 is 2.00 bits per heavy atom. The molecule has 0 bridgehead atoms. The van der Waals surface area contributed by atoms with Crippen molar-refractivity contribution in [2.75, 3.05) is 0 Å². The van der Waals surface area contributed by atoms with Crippen LogP contribution in [0.2, 0.25) is 0 Å². The average molecular weight is 239 g/mol. The molecule has 0 saturated carbocycles. The van der Waals surface area contributed by atoms with Gasteiger partial charge in [0, 0.05) is 11.8 Å². The van der Waals surface area contributed by atoms with Gasteiger partial charge in [0.1, 0.15) is 5.75 Å². The van der Waals surface area contributed by atoms with Crippen molar-refractivity contribution in [2.45, 2.75) is 6.92 Å². The lowest BCUT2D eigenvalue weighted by Crippen LogP contribution is -2.02. The van der Waals surface area contributed by atoms with Crippen LogP contribution in [0.1, 0.15) is 11.1 Å². The minimum atomic E-state index is -0.338. The Balaban J connectivity index is 2.23. The van der Waals surface area contributed by atoms with E-state index in [2.05, 4.69) is 4.99 Å². The first-order chi connectivity index (χ1) is 8.79. The predicted molar refractivity (Wildman–Crippen MR) is 74.9 cm³/mol. The fourth-order valence-electron chi connectivity index (χ4n) is 1.64. The van der Waals surface area contributed by atoms with Crippen molar-refractivity contribution in [1.29, 1.82) is 0 Å². The van der Waals surface area contributed by atoms with Crippen molar-refractivity contribution >= 4 is 19.6 Å². The highest BCUT2D eigenvalue weighted by atomic mass is 16.5. The molecule has 0 heterocycles. The SMILES string of the molecule is Cc1cccc(/N=C/c2ccccc2OBO)c1. The monoisotopic (exact) mass is 239 g/mol. The van der Waals surface area contributed by atoms with E-state index in [9.17, 15) is 0 Å². The highest BCUT2D eigenvalue weighted by Gasteiger charge is 1.99. The topological polar surface area (TPSA) is 41.8 Å². The van der Waals surface area contributed by atoms with E-state index in [1.54, 1.807) is 12.3 Å². The summed E-state index contributed by atoms with van der Waals surface area (Å²) in [5.74, 6) is 0.622. The third-order valence-electron chi connectivity index (χ3n) is 2.49. The van der Waals surface area contributed by atoms with E-state index in [1.165, 1.54) is 5.56 Å². The molecule has 0 radical (unpaired) electrons. The third kappa shape index (κ3) is 3.21.